The van der Waals surface area contributed by atoms with Crippen LogP contribution in [0.3, 0.4) is 0 Å². The number of halogens is 3. The van der Waals surface area contributed by atoms with Crippen LogP contribution in [0.4, 0.5) is 13.2 Å². The van der Waals surface area contributed by atoms with E-state index in [2.05, 4.69) is 5.10 Å². The molecule has 1 aromatic heterocycles. The highest BCUT2D eigenvalue weighted by Gasteiger charge is 2.31. The van der Waals surface area contributed by atoms with Gasteiger partial charge in [-0.2, -0.15) is 18.3 Å². The van der Waals surface area contributed by atoms with Crippen LogP contribution in [0.25, 0.3) is 0 Å². The SMILES string of the molecule is CC(C)CC(=O)N1CCOC(c2cc(CCOc3cccc(C(F)(F)F)c3)n(C)n2)C1. The van der Waals surface area contributed by atoms with Gasteiger partial charge in [0.05, 0.1) is 31.0 Å². The Morgan fingerprint density at radius 1 is 1.32 bits per heavy atom. The molecule has 1 aromatic carbocycles. The van der Waals surface area contributed by atoms with Gasteiger partial charge in [0.1, 0.15) is 11.9 Å². The van der Waals surface area contributed by atoms with Crippen LogP contribution in [-0.4, -0.2) is 46.9 Å². The van der Waals surface area contributed by atoms with Gasteiger partial charge in [-0.3, -0.25) is 9.48 Å². The van der Waals surface area contributed by atoms with E-state index in [0.717, 1.165) is 23.5 Å². The van der Waals surface area contributed by atoms with Gasteiger partial charge in [-0.05, 0) is 30.2 Å². The van der Waals surface area contributed by atoms with Gasteiger partial charge in [0, 0.05) is 32.1 Å². The number of benzene rings is 1. The van der Waals surface area contributed by atoms with Crippen LogP contribution in [0.1, 0.15) is 43.3 Å². The second kappa shape index (κ2) is 9.72. The van der Waals surface area contributed by atoms with Crippen molar-refractivity contribution in [2.24, 2.45) is 13.0 Å². The zero-order valence-corrected chi connectivity index (χ0v) is 18.0. The molecule has 1 amide bonds. The number of carbonyl (C=O) groups excluding carboxylic acids is 1. The van der Waals surface area contributed by atoms with Gasteiger partial charge in [0.2, 0.25) is 5.91 Å². The van der Waals surface area contributed by atoms with E-state index in [1.54, 1.807) is 11.7 Å². The van der Waals surface area contributed by atoms with E-state index in [0.29, 0.717) is 38.5 Å². The van der Waals surface area contributed by atoms with Crippen molar-refractivity contribution in [3.05, 3.63) is 47.3 Å². The Morgan fingerprint density at radius 2 is 2.10 bits per heavy atom. The molecule has 1 aliphatic heterocycles. The number of morpholine rings is 1. The highest BCUT2D eigenvalue weighted by Crippen LogP contribution is 2.31. The smallest absolute Gasteiger partial charge is 0.416 e. The first-order chi connectivity index (χ1) is 14.6. The van der Waals surface area contributed by atoms with E-state index < -0.39 is 11.7 Å². The average molecular weight is 439 g/mol. The molecule has 0 spiro atoms. The number of alkyl halides is 3. The third-order valence-corrected chi connectivity index (χ3v) is 5.12. The Morgan fingerprint density at radius 3 is 2.81 bits per heavy atom. The van der Waals surface area contributed by atoms with Gasteiger partial charge < -0.3 is 14.4 Å². The Labute approximate surface area is 179 Å². The van der Waals surface area contributed by atoms with Crippen molar-refractivity contribution < 1.29 is 27.4 Å². The molecule has 9 heteroatoms. The topological polar surface area (TPSA) is 56.6 Å². The fraction of sp³-hybridized carbons (Fsp3) is 0.545. The van der Waals surface area contributed by atoms with E-state index >= 15 is 0 Å². The molecule has 2 heterocycles. The predicted octanol–water partition coefficient (Wildman–Crippen LogP) is 4.01. The van der Waals surface area contributed by atoms with Gasteiger partial charge in [0.15, 0.2) is 0 Å². The molecule has 0 N–H and O–H groups in total. The van der Waals surface area contributed by atoms with Crippen LogP contribution >= 0.6 is 0 Å². The maximum absolute atomic E-state index is 12.8. The van der Waals surface area contributed by atoms with Crippen LogP contribution in [0, 0.1) is 5.92 Å². The molecule has 1 aliphatic rings. The third-order valence-electron chi connectivity index (χ3n) is 5.12. The second-order valence-electron chi connectivity index (χ2n) is 8.11. The molecule has 1 fully saturated rings. The highest BCUT2D eigenvalue weighted by atomic mass is 19.4. The van der Waals surface area contributed by atoms with Crippen LogP contribution in [0.5, 0.6) is 5.75 Å². The maximum atomic E-state index is 12.8. The lowest BCUT2D eigenvalue weighted by Gasteiger charge is -2.32. The number of nitrogens with zero attached hydrogens (tertiary/aromatic N) is 3. The summed E-state index contributed by atoms with van der Waals surface area (Å²) in [5.74, 6) is 0.591. The number of hydrogen-bond donors (Lipinski definition) is 0. The summed E-state index contributed by atoms with van der Waals surface area (Å²) in [6, 6.07) is 6.74. The van der Waals surface area contributed by atoms with E-state index in [1.807, 2.05) is 24.8 Å². The average Bonchev–Trinajstić information content (AvgIpc) is 3.08. The summed E-state index contributed by atoms with van der Waals surface area (Å²) in [6.07, 6.45) is -3.72. The van der Waals surface area contributed by atoms with Crippen molar-refractivity contribution in [1.82, 2.24) is 14.7 Å². The molecule has 3 rings (SSSR count). The van der Waals surface area contributed by atoms with Crippen LogP contribution in [0.2, 0.25) is 0 Å². The first-order valence-corrected chi connectivity index (χ1v) is 10.4. The Kier molecular flexibility index (Phi) is 7.25. The lowest BCUT2D eigenvalue weighted by molar-refractivity contribution is -0.140. The molecule has 1 unspecified atom stereocenters. The number of aromatic nitrogens is 2. The zero-order valence-electron chi connectivity index (χ0n) is 18.0. The number of aryl methyl sites for hydroxylation is 1. The van der Waals surface area contributed by atoms with Crippen LogP contribution < -0.4 is 4.74 Å². The molecule has 6 nitrogen and oxygen atoms in total. The molecule has 31 heavy (non-hydrogen) atoms. The zero-order chi connectivity index (χ0) is 22.6. The van der Waals surface area contributed by atoms with Crippen molar-refractivity contribution in [2.75, 3.05) is 26.3 Å². The monoisotopic (exact) mass is 439 g/mol. The Hall–Kier alpha value is -2.55. The number of hydrogen-bond acceptors (Lipinski definition) is 4. The first-order valence-electron chi connectivity index (χ1n) is 10.4. The van der Waals surface area contributed by atoms with E-state index in [4.69, 9.17) is 9.47 Å². The standard InChI is InChI=1S/C22H28F3N3O3/c1-15(2)11-21(29)28-8-10-31-20(14-28)19-13-17(27(3)26-19)7-9-30-18-6-4-5-16(12-18)22(23,24)25/h4-6,12-13,15,20H,7-11,14H2,1-3H3. The predicted molar refractivity (Wildman–Crippen MR) is 109 cm³/mol. The molecule has 1 atom stereocenters. The minimum absolute atomic E-state index is 0.119. The van der Waals surface area contributed by atoms with Crippen LogP contribution in [0.15, 0.2) is 30.3 Å². The lowest BCUT2D eigenvalue weighted by atomic mass is 10.1. The van der Waals surface area contributed by atoms with E-state index in [1.165, 1.54) is 12.1 Å². The second-order valence-corrected chi connectivity index (χ2v) is 8.11. The minimum Gasteiger partial charge on any atom is -0.493 e. The third kappa shape index (κ3) is 6.22. The van der Waals surface area contributed by atoms with Crippen molar-refractivity contribution in [2.45, 2.75) is 39.0 Å². The van der Waals surface area contributed by atoms with Gasteiger partial charge in [-0.25, -0.2) is 0 Å². The number of carbonyl (C=O) groups is 1. The minimum atomic E-state index is -4.40. The molecule has 0 saturated carbocycles. The number of ether oxygens (including phenoxy) is 2. The molecule has 2 aromatic rings. The molecule has 0 aliphatic carbocycles. The molecule has 170 valence electrons. The first kappa shape index (κ1) is 23.1. The summed E-state index contributed by atoms with van der Waals surface area (Å²) in [6.45, 7) is 5.74. The normalized spacial score (nSPS) is 17.3. The van der Waals surface area contributed by atoms with E-state index in [9.17, 15) is 18.0 Å². The largest absolute Gasteiger partial charge is 0.493 e. The summed E-state index contributed by atoms with van der Waals surface area (Å²) in [5.41, 5.74) is 0.869. The molecule has 0 bridgehead atoms. The number of amides is 1. The Balaban J connectivity index is 1.58. The van der Waals surface area contributed by atoms with Gasteiger partial charge in [-0.15, -0.1) is 0 Å². The van der Waals surface area contributed by atoms with Gasteiger partial charge in [0.25, 0.3) is 0 Å². The van der Waals surface area contributed by atoms with Crippen molar-refractivity contribution >= 4 is 5.91 Å². The quantitative estimate of drug-likeness (QED) is 0.654. The van der Waals surface area contributed by atoms with Crippen molar-refractivity contribution in [3.8, 4) is 5.75 Å². The fourth-order valence-electron chi connectivity index (χ4n) is 3.49. The Bertz CT molecular complexity index is 896. The maximum Gasteiger partial charge on any atom is 0.416 e. The summed E-state index contributed by atoms with van der Waals surface area (Å²) in [5, 5.41) is 4.51. The van der Waals surface area contributed by atoms with Crippen LogP contribution in [-0.2, 0) is 29.2 Å². The van der Waals surface area contributed by atoms with Crippen molar-refractivity contribution in [3.63, 3.8) is 0 Å². The highest BCUT2D eigenvalue weighted by molar-refractivity contribution is 5.76. The molecular formula is C22H28F3N3O3. The van der Waals surface area contributed by atoms with Crippen molar-refractivity contribution in [1.29, 1.82) is 0 Å². The summed E-state index contributed by atoms with van der Waals surface area (Å²) in [7, 11) is 1.80. The lowest BCUT2D eigenvalue weighted by Crippen LogP contribution is -2.42. The van der Waals surface area contributed by atoms with E-state index in [-0.39, 0.29) is 24.4 Å². The summed E-state index contributed by atoms with van der Waals surface area (Å²) >= 11 is 0. The molecular weight excluding hydrogens is 411 g/mol. The molecule has 1 saturated heterocycles. The fourth-order valence-corrected chi connectivity index (χ4v) is 3.49. The number of rotatable bonds is 7. The van der Waals surface area contributed by atoms with Gasteiger partial charge in [-0.1, -0.05) is 19.9 Å². The summed E-state index contributed by atoms with van der Waals surface area (Å²) < 4.78 is 51.5. The molecule has 0 radical (unpaired) electrons. The van der Waals surface area contributed by atoms with Gasteiger partial charge >= 0.3 is 6.18 Å². The summed E-state index contributed by atoms with van der Waals surface area (Å²) in [4.78, 5) is 14.2.